The van der Waals surface area contributed by atoms with Crippen LogP contribution in [0.4, 0.5) is 22.1 Å². The van der Waals surface area contributed by atoms with Crippen molar-refractivity contribution in [2.75, 3.05) is 36.4 Å². The zero-order valence-electron chi connectivity index (χ0n) is 19.4. The highest BCUT2D eigenvalue weighted by Crippen LogP contribution is 2.42. The summed E-state index contributed by atoms with van der Waals surface area (Å²) in [5.41, 5.74) is 10.4. The molecule has 1 aromatic carbocycles. The van der Waals surface area contributed by atoms with E-state index < -0.39 is 0 Å². The third kappa shape index (κ3) is 5.81. The van der Waals surface area contributed by atoms with Gasteiger partial charge in [0.2, 0.25) is 0 Å². The van der Waals surface area contributed by atoms with Crippen LogP contribution >= 0.6 is 12.4 Å². The summed E-state index contributed by atoms with van der Waals surface area (Å²) in [7, 11) is 0. The van der Waals surface area contributed by atoms with Gasteiger partial charge in [0.05, 0.1) is 17.3 Å². The van der Waals surface area contributed by atoms with Gasteiger partial charge in [-0.15, -0.1) is 12.4 Å². The van der Waals surface area contributed by atoms with Gasteiger partial charge in [-0.3, -0.25) is 0 Å². The number of nitrogens with zero attached hydrogens (tertiary/aromatic N) is 5. The first-order valence-electron chi connectivity index (χ1n) is 11.6. The van der Waals surface area contributed by atoms with Crippen LogP contribution in [0.1, 0.15) is 36.3 Å². The lowest BCUT2D eigenvalue weighted by molar-refractivity contribution is 0.211. The van der Waals surface area contributed by atoms with E-state index >= 15 is 0 Å². The molecule has 0 bridgehead atoms. The molecule has 1 saturated carbocycles. The van der Waals surface area contributed by atoms with E-state index in [0.29, 0.717) is 30.4 Å². The Hall–Kier alpha value is -3.83. The molecule has 3 aromatic rings. The molecule has 2 fully saturated rings. The lowest BCUT2D eigenvalue weighted by atomic mass is 10.1. The number of halogens is 1. The van der Waals surface area contributed by atoms with Crippen LogP contribution in [-0.2, 0) is 0 Å². The Labute approximate surface area is 211 Å². The molecule has 3 heterocycles. The normalized spacial score (nSPS) is 15.5. The quantitative estimate of drug-likeness (QED) is 0.539. The summed E-state index contributed by atoms with van der Waals surface area (Å²) in [6, 6.07) is 17.9. The largest absolute Gasteiger partial charge is 0.370 e. The van der Waals surface area contributed by atoms with Crippen molar-refractivity contribution in [3.8, 4) is 17.3 Å². The lowest BCUT2D eigenvalue weighted by Crippen LogP contribution is -2.38. The summed E-state index contributed by atoms with van der Waals surface area (Å²) in [5.74, 6) is 1.89. The number of nitrogens with one attached hydrogen (secondary N) is 1. The first-order valence-corrected chi connectivity index (χ1v) is 11.6. The van der Waals surface area contributed by atoms with Crippen molar-refractivity contribution in [2.45, 2.75) is 25.2 Å². The fraction of sp³-hybridized carbons (Fsp3) is 0.308. The summed E-state index contributed by atoms with van der Waals surface area (Å²) >= 11 is 0. The smallest absolute Gasteiger partial charge is 0.314 e. The van der Waals surface area contributed by atoms with Gasteiger partial charge in [0.15, 0.2) is 0 Å². The number of benzene rings is 1. The molecule has 1 aliphatic heterocycles. The van der Waals surface area contributed by atoms with Gasteiger partial charge < -0.3 is 20.9 Å². The van der Waals surface area contributed by atoms with Gasteiger partial charge in [0.25, 0.3) is 0 Å². The van der Waals surface area contributed by atoms with E-state index in [1.165, 1.54) is 18.4 Å². The summed E-state index contributed by atoms with van der Waals surface area (Å²) in [6.07, 6.45) is 4.88. The monoisotopic (exact) mass is 489 g/mol. The van der Waals surface area contributed by atoms with Gasteiger partial charge in [-0.2, -0.15) is 5.26 Å². The molecule has 180 valence electrons. The molecule has 1 saturated heterocycles. The second-order valence-corrected chi connectivity index (χ2v) is 8.83. The molecular weight excluding hydrogens is 462 g/mol. The number of rotatable bonds is 5. The number of carbonyl (C=O) groups is 1. The van der Waals surface area contributed by atoms with E-state index in [1.54, 1.807) is 23.2 Å². The zero-order valence-corrected chi connectivity index (χ0v) is 20.2. The predicted molar refractivity (Wildman–Crippen MR) is 139 cm³/mol. The highest BCUT2D eigenvalue weighted by atomic mass is 35.5. The van der Waals surface area contributed by atoms with Crippen molar-refractivity contribution in [1.29, 1.82) is 5.26 Å². The van der Waals surface area contributed by atoms with E-state index in [1.807, 2.05) is 0 Å². The summed E-state index contributed by atoms with van der Waals surface area (Å²) < 4.78 is 0. The molecule has 2 aliphatic rings. The molecule has 0 atom stereocenters. The molecule has 1 aliphatic carbocycles. The Morgan fingerprint density at radius 3 is 2.69 bits per heavy atom. The minimum atomic E-state index is -0.355. The second-order valence-electron chi connectivity index (χ2n) is 8.83. The number of pyridine rings is 2. The summed E-state index contributed by atoms with van der Waals surface area (Å²) in [6.45, 7) is 2.93. The molecule has 5 rings (SSSR count). The van der Waals surface area contributed by atoms with E-state index in [-0.39, 0.29) is 18.4 Å². The first-order chi connectivity index (χ1) is 16.6. The van der Waals surface area contributed by atoms with Crippen molar-refractivity contribution in [3.63, 3.8) is 0 Å². The second kappa shape index (κ2) is 10.6. The van der Waals surface area contributed by atoms with Gasteiger partial charge in [0.1, 0.15) is 11.6 Å². The van der Waals surface area contributed by atoms with Crippen molar-refractivity contribution >= 4 is 35.8 Å². The fourth-order valence-corrected chi connectivity index (χ4v) is 4.37. The average Bonchev–Trinajstić information content (AvgIpc) is 3.71. The number of nitriles is 1. The van der Waals surface area contributed by atoms with Crippen LogP contribution in [-0.4, -0.2) is 47.1 Å². The van der Waals surface area contributed by atoms with Crippen LogP contribution in [0.15, 0.2) is 54.7 Å². The molecule has 0 spiro atoms. The number of anilines is 3. The van der Waals surface area contributed by atoms with Crippen LogP contribution < -0.4 is 16.0 Å². The number of aromatic nitrogens is 2. The van der Waals surface area contributed by atoms with E-state index in [4.69, 9.17) is 10.7 Å². The van der Waals surface area contributed by atoms with E-state index in [0.717, 1.165) is 42.3 Å². The standard InChI is InChI=1S/C26H27N7O.ClH/c27-17-18-7-8-29-24(13-18)31-25-16-21(19-5-6-19)15-23(30-25)20-3-1-4-22(14-20)32-9-2-10-33(12-11-32)26(28)34;/h1,3-4,7-8,13-16,19H,2,5-6,9-12H2,(H2,28,34)(H,29,30,31);1H. The molecule has 0 radical (unpaired) electrons. The zero-order chi connectivity index (χ0) is 23.5. The highest BCUT2D eigenvalue weighted by molar-refractivity contribution is 5.85. The van der Waals surface area contributed by atoms with Gasteiger partial charge in [-0.25, -0.2) is 14.8 Å². The van der Waals surface area contributed by atoms with E-state index in [9.17, 15) is 10.1 Å². The van der Waals surface area contributed by atoms with Gasteiger partial charge in [0, 0.05) is 43.6 Å². The number of hydrogen-bond donors (Lipinski definition) is 2. The number of amides is 2. The molecule has 2 amide bonds. The summed E-state index contributed by atoms with van der Waals surface area (Å²) in [4.78, 5) is 24.8. The molecule has 8 nitrogen and oxygen atoms in total. The van der Waals surface area contributed by atoms with Crippen LogP contribution in [0.25, 0.3) is 11.3 Å². The Morgan fingerprint density at radius 2 is 1.91 bits per heavy atom. The number of primary amides is 1. The average molecular weight is 490 g/mol. The predicted octanol–water partition coefficient (Wildman–Crippen LogP) is 4.65. The van der Waals surface area contributed by atoms with E-state index in [2.05, 4.69) is 57.7 Å². The third-order valence-corrected chi connectivity index (χ3v) is 6.36. The highest BCUT2D eigenvalue weighted by Gasteiger charge is 2.25. The maximum Gasteiger partial charge on any atom is 0.314 e. The number of nitrogens with two attached hydrogens (primary N) is 1. The minimum Gasteiger partial charge on any atom is -0.370 e. The summed E-state index contributed by atoms with van der Waals surface area (Å²) in [5, 5.41) is 12.5. The topological polar surface area (TPSA) is 111 Å². The Morgan fingerprint density at radius 1 is 1.06 bits per heavy atom. The fourth-order valence-electron chi connectivity index (χ4n) is 4.37. The van der Waals surface area contributed by atoms with Crippen LogP contribution in [0.2, 0.25) is 0 Å². The third-order valence-electron chi connectivity index (χ3n) is 6.36. The van der Waals surface area contributed by atoms with Gasteiger partial charge in [-0.05, 0) is 67.1 Å². The molecule has 2 aromatic heterocycles. The van der Waals surface area contributed by atoms with Crippen LogP contribution in [0, 0.1) is 11.3 Å². The maximum absolute atomic E-state index is 11.6. The molecule has 9 heteroatoms. The number of hydrogen-bond acceptors (Lipinski definition) is 6. The SMILES string of the molecule is Cl.N#Cc1ccnc(Nc2cc(C3CC3)cc(-c3cccc(N4CCCN(C(N)=O)CC4)c3)n2)c1. The lowest BCUT2D eigenvalue weighted by Gasteiger charge is -2.23. The Balaban J connectivity index is 0.00000289. The van der Waals surface area contributed by atoms with Crippen molar-refractivity contribution < 1.29 is 4.79 Å². The Bertz CT molecular complexity index is 1250. The number of urea groups is 1. The molecule has 3 N–H and O–H groups in total. The molecule has 0 unspecified atom stereocenters. The number of carbonyl (C=O) groups excluding carboxylic acids is 1. The van der Waals surface area contributed by atoms with Crippen molar-refractivity contribution in [2.24, 2.45) is 5.73 Å². The van der Waals surface area contributed by atoms with Crippen molar-refractivity contribution in [3.05, 3.63) is 65.9 Å². The van der Waals surface area contributed by atoms with Gasteiger partial charge >= 0.3 is 6.03 Å². The van der Waals surface area contributed by atoms with Crippen LogP contribution in [0.3, 0.4) is 0 Å². The molecule has 35 heavy (non-hydrogen) atoms. The molecular formula is C26H28ClN7O. The Kier molecular flexibility index (Phi) is 7.37. The maximum atomic E-state index is 11.6. The van der Waals surface area contributed by atoms with Crippen molar-refractivity contribution in [1.82, 2.24) is 14.9 Å². The minimum absolute atomic E-state index is 0. The first kappa shape index (κ1) is 24.3. The van der Waals surface area contributed by atoms with Gasteiger partial charge in [-0.1, -0.05) is 12.1 Å². The van der Waals surface area contributed by atoms with Crippen LogP contribution in [0.5, 0.6) is 0 Å².